The lowest BCUT2D eigenvalue weighted by molar-refractivity contribution is -0.138. The zero-order valence-corrected chi connectivity index (χ0v) is 13.0. The van der Waals surface area contributed by atoms with Gasteiger partial charge in [0.1, 0.15) is 0 Å². The Morgan fingerprint density at radius 3 is 2.38 bits per heavy atom. The fourth-order valence-corrected chi connectivity index (χ4v) is 2.33. The number of hydrogen-bond acceptors (Lipinski definition) is 3. The third-order valence-corrected chi connectivity index (χ3v) is 3.69. The van der Waals surface area contributed by atoms with Crippen molar-refractivity contribution in [2.45, 2.75) is 58.1 Å². The summed E-state index contributed by atoms with van der Waals surface area (Å²) >= 11 is 0. The highest BCUT2D eigenvalue weighted by molar-refractivity contribution is 5.67. The summed E-state index contributed by atoms with van der Waals surface area (Å²) in [5, 5.41) is 22.6. The molecule has 0 aliphatic rings. The minimum atomic E-state index is -0.896. The van der Waals surface area contributed by atoms with Gasteiger partial charge in [-0.05, 0) is 30.5 Å². The van der Waals surface area contributed by atoms with Gasteiger partial charge in [-0.2, -0.15) is 0 Å². The van der Waals surface area contributed by atoms with Crippen LogP contribution in [0.2, 0.25) is 0 Å². The summed E-state index contributed by atoms with van der Waals surface area (Å²) in [6, 6.07) is 7.27. The van der Waals surface area contributed by atoms with Crippen LogP contribution in [0.25, 0.3) is 0 Å². The van der Waals surface area contributed by atoms with Gasteiger partial charge in [0.15, 0.2) is 0 Å². The van der Waals surface area contributed by atoms with Crippen molar-refractivity contribution in [3.63, 3.8) is 0 Å². The van der Waals surface area contributed by atoms with Gasteiger partial charge in [-0.1, -0.05) is 51.0 Å². The van der Waals surface area contributed by atoms with E-state index < -0.39 is 18.1 Å². The lowest BCUT2D eigenvalue weighted by Crippen LogP contribution is -2.37. The van der Waals surface area contributed by atoms with Crippen LogP contribution < -0.4 is 5.32 Å². The van der Waals surface area contributed by atoms with Crippen LogP contribution in [0.1, 0.15) is 56.8 Å². The third-order valence-electron chi connectivity index (χ3n) is 3.69. The average Bonchev–Trinajstić information content (AvgIpc) is 2.49. The quantitative estimate of drug-likeness (QED) is 0.580. The number of aliphatic hydroxyl groups excluding tert-OH is 1. The normalized spacial score (nSPS) is 13.9. The van der Waals surface area contributed by atoms with Crippen LogP contribution >= 0.6 is 0 Å². The lowest BCUT2D eigenvalue weighted by atomic mass is 9.98. The number of aryl methyl sites for hydroxylation is 1. The monoisotopic (exact) mass is 293 g/mol. The first-order chi connectivity index (χ1) is 10.1. The molecule has 1 aromatic carbocycles. The van der Waals surface area contributed by atoms with E-state index in [2.05, 4.69) is 19.2 Å². The topological polar surface area (TPSA) is 69.6 Å². The van der Waals surface area contributed by atoms with Crippen molar-refractivity contribution in [3.8, 4) is 0 Å². The summed E-state index contributed by atoms with van der Waals surface area (Å²) in [6.45, 7) is 4.93. The third kappa shape index (κ3) is 6.27. The number of nitrogens with one attached hydrogen (secondary N) is 1. The summed E-state index contributed by atoms with van der Waals surface area (Å²) in [4.78, 5) is 11.0. The number of carboxylic acid groups (broad SMARTS) is 1. The Hall–Kier alpha value is -1.39. The second-order valence-corrected chi connectivity index (χ2v) is 5.41. The van der Waals surface area contributed by atoms with Crippen molar-refractivity contribution in [3.05, 3.63) is 35.4 Å². The fourth-order valence-electron chi connectivity index (χ4n) is 2.33. The lowest BCUT2D eigenvalue weighted by Gasteiger charge is -2.23. The fraction of sp³-hybridized carbons (Fsp3) is 0.588. The maximum atomic E-state index is 11.0. The smallest absolute Gasteiger partial charge is 0.305 e. The number of aliphatic carboxylic acids is 1. The first-order valence-corrected chi connectivity index (χ1v) is 7.80. The maximum absolute atomic E-state index is 11.0. The number of carbonyl (C=O) groups is 1. The van der Waals surface area contributed by atoms with E-state index in [1.807, 2.05) is 24.3 Å². The first-order valence-electron chi connectivity index (χ1n) is 7.80. The predicted octanol–water partition coefficient (Wildman–Crippen LogP) is 2.91. The molecule has 0 saturated carbocycles. The van der Waals surface area contributed by atoms with Gasteiger partial charge >= 0.3 is 5.97 Å². The van der Waals surface area contributed by atoms with Crippen LogP contribution in [0, 0.1) is 0 Å². The number of carboxylic acids is 1. The SMILES string of the molecule is CCCCCNC(CC(=O)O)C(O)c1ccc(CC)cc1. The van der Waals surface area contributed by atoms with Crippen LogP contribution in [0.15, 0.2) is 24.3 Å². The Morgan fingerprint density at radius 1 is 1.19 bits per heavy atom. The Labute approximate surface area is 127 Å². The van der Waals surface area contributed by atoms with Gasteiger partial charge in [-0.3, -0.25) is 4.79 Å². The molecule has 0 aromatic heterocycles. The molecule has 0 radical (unpaired) electrons. The summed E-state index contributed by atoms with van der Waals surface area (Å²) in [5.41, 5.74) is 1.97. The minimum Gasteiger partial charge on any atom is -0.481 e. The molecule has 2 unspecified atom stereocenters. The van der Waals surface area contributed by atoms with Crippen LogP contribution in [0.5, 0.6) is 0 Å². The van der Waals surface area contributed by atoms with Crippen molar-refractivity contribution in [2.24, 2.45) is 0 Å². The highest BCUT2D eigenvalue weighted by Gasteiger charge is 2.22. The van der Waals surface area contributed by atoms with E-state index in [9.17, 15) is 9.90 Å². The summed E-state index contributed by atoms with van der Waals surface area (Å²) in [6.07, 6.45) is 3.29. The van der Waals surface area contributed by atoms with Crippen LogP contribution in [0.3, 0.4) is 0 Å². The Bertz CT molecular complexity index is 417. The Balaban J connectivity index is 2.67. The molecule has 0 saturated heterocycles. The number of rotatable bonds is 10. The molecule has 118 valence electrons. The number of aliphatic hydroxyl groups is 1. The predicted molar refractivity (Wildman–Crippen MR) is 84.3 cm³/mol. The molecule has 3 N–H and O–H groups in total. The molecule has 2 atom stereocenters. The molecule has 0 amide bonds. The molecule has 0 spiro atoms. The van der Waals surface area contributed by atoms with Gasteiger partial charge in [0.25, 0.3) is 0 Å². The molecule has 0 heterocycles. The molecule has 0 aliphatic heterocycles. The van der Waals surface area contributed by atoms with Crippen molar-refractivity contribution < 1.29 is 15.0 Å². The van der Waals surface area contributed by atoms with E-state index in [0.29, 0.717) is 0 Å². The van der Waals surface area contributed by atoms with Crippen LogP contribution in [-0.4, -0.2) is 28.8 Å². The summed E-state index contributed by atoms with van der Waals surface area (Å²) in [7, 11) is 0. The van der Waals surface area contributed by atoms with Gasteiger partial charge < -0.3 is 15.5 Å². The van der Waals surface area contributed by atoms with Crippen molar-refractivity contribution >= 4 is 5.97 Å². The van der Waals surface area contributed by atoms with Gasteiger partial charge in [0, 0.05) is 6.04 Å². The molecule has 4 heteroatoms. The van der Waals surface area contributed by atoms with E-state index in [0.717, 1.165) is 37.8 Å². The molecule has 0 fully saturated rings. The van der Waals surface area contributed by atoms with Crippen molar-refractivity contribution in [1.29, 1.82) is 0 Å². The van der Waals surface area contributed by atoms with Gasteiger partial charge in [0.2, 0.25) is 0 Å². The van der Waals surface area contributed by atoms with Gasteiger partial charge in [-0.25, -0.2) is 0 Å². The second-order valence-electron chi connectivity index (χ2n) is 5.41. The molecule has 1 rings (SSSR count). The second kappa shape index (κ2) is 9.53. The zero-order chi connectivity index (χ0) is 15.7. The standard InChI is InChI=1S/C17H27NO3/c1-3-5-6-11-18-15(12-16(19)20)17(21)14-9-7-13(4-2)8-10-14/h7-10,15,17-18,21H,3-6,11-12H2,1-2H3,(H,19,20). The molecule has 0 aliphatic carbocycles. The van der Waals surface area contributed by atoms with E-state index in [1.54, 1.807) is 0 Å². The van der Waals surface area contributed by atoms with E-state index >= 15 is 0 Å². The van der Waals surface area contributed by atoms with E-state index in [4.69, 9.17) is 5.11 Å². The van der Waals surface area contributed by atoms with Gasteiger partial charge in [-0.15, -0.1) is 0 Å². The molecule has 21 heavy (non-hydrogen) atoms. The largest absolute Gasteiger partial charge is 0.481 e. The number of unbranched alkanes of at least 4 members (excludes halogenated alkanes) is 2. The minimum absolute atomic E-state index is 0.0805. The molecule has 0 bridgehead atoms. The van der Waals surface area contributed by atoms with E-state index in [-0.39, 0.29) is 6.42 Å². The summed E-state index contributed by atoms with van der Waals surface area (Å²) in [5.74, 6) is -0.896. The molecular formula is C17H27NO3. The Kier molecular flexibility index (Phi) is 8.01. The van der Waals surface area contributed by atoms with Crippen LogP contribution in [-0.2, 0) is 11.2 Å². The van der Waals surface area contributed by atoms with E-state index in [1.165, 1.54) is 5.56 Å². The maximum Gasteiger partial charge on any atom is 0.305 e. The number of benzene rings is 1. The molecule has 4 nitrogen and oxygen atoms in total. The first kappa shape index (κ1) is 17.7. The Morgan fingerprint density at radius 2 is 1.86 bits per heavy atom. The summed E-state index contributed by atoms with van der Waals surface area (Å²) < 4.78 is 0. The van der Waals surface area contributed by atoms with Gasteiger partial charge in [0.05, 0.1) is 12.5 Å². The average molecular weight is 293 g/mol. The van der Waals surface area contributed by atoms with Crippen molar-refractivity contribution in [2.75, 3.05) is 6.54 Å². The highest BCUT2D eigenvalue weighted by atomic mass is 16.4. The van der Waals surface area contributed by atoms with Crippen LogP contribution in [0.4, 0.5) is 0 Å². The van der Waals surface area contributed by atoms with Crippen molar-refractivity contribution in [1.82, 2.24) is 5.32 Å². The zero-order valence-electron chi connectivity index (χ0n) is 13.0. The molecule has 1 aromatic rings. The number of hydrogen-bond donors (Lipinski definition) is 3. The molecular weight excluding hydrogens is 266 g/mol. The highest BCUT2D eigenvalue weighted by Crippen LogP contribution is 2.20.